The Bertz CT molecular complexity index is 585. The Morgan fingerprint density at radius 2 is 1.21 bits per heavy atom. The lowest BCUT2D eigenvalue weighted by Gasteiger charge is -2.04. The molecule has 1 N–H and O–H groups in total. The van der Waals surface area contributed by atoms with Crippen LogP contribution in [0.15, 0.2) is 48.5 Å². The third kappa shape index (κ3) is 3.56. The van der Waals surface area contributed by atoms with Crippen LogP contribution in [0, 0.1) is 0 Å². The van der Waals surface area contributed by atoms with Crippen LogP contribution in [0.4, 0.5) is 0 Å². The average molecular weight is 294 g/mol. The summed E-state index contributed by atoms with van der Waals surface area (Å²) in [5.74, 6) is -1.01. The maximum Gasteiger partial charge on any atom is 0.258 e. The highest BCUT2D eigenvalue weighted by molar-refractivity contribution is 6.31. The number of amides is 2. The van der Waals surface area contributed by atoms with E-state index in [1.54, 1.807) is 36.4 Å². The zero-order chi connectivity index (χ0) is 13.8. The second kappa shape index (κ2) is 5.87. The molecule has 0 radical (unpaired) electrons. The Balaban J connectivity index is 2.13. The van der Waals surface area contributed by atoms with E-state index in [0.29, 0.717) is 21.2 Å². The first-order valence-electron chi connectivity index (χ1n) is 5.43. The normalized spacial score (nSPS) is 10.0. The van der Waals surface area contributed by atoms with Gasteiger partial charge in [-0.05, 0) is 36.4 Å². The monoisotopic (exact) mass is 293 g/mol. The number of carbonyl (C=O) groups is 2. The Morgan fingerprint density at radius 3 is 1.58 bits per heavy atom. The van der Waals surface area contributed by atoms with Gasteiger partial charge in [-0.3, -0.25) is 14.9 Å². The van der Waals surface area contributed by atoms with Gasteiger partial charge in [-0.2, -0.15) is 0 Å². The summed E-state index contributed by atoms with van der Waals surface area (Å²) < 4.78 is 0. The molecule has 0 bridgehead atoms. The van der Waals surface area contributed by atoms with Gasteiger partial charge in [0.2, 0.25) is 0 Å². The maximum absolute atomic E-state index is 11.8. The molecule has 0 aliphatic heterocycles. The Labute approximate surface area is 120 Å². The summed E-state index contributed by atoms with van der Waals surface area (Å²) in [6.45, 7) is 0. The highest BCUT2D eigenvalue weighted by atomic mass is 35.5. The Kier molecular flexibility index (Phi) is 4.20. The number of carbonyl (C=O) groups excluding carboxylic acids is 2. The summed E-state index contributed by atoms with van der Waals surface area (Å²) in [6.07, 6.45) is 0. The van der Waals surface area contributed by atoms with Gasteiger partial charge < -0.3 is 0 Å². The van der Waals surface area contributed by atoms with Crippen LogP contribution in [0.5, 0.6) is 0 Å². The van der Waals surface area contributed by atoms with E-state index in [0.717, 1.165) is 0 Å². The van der Waals surface area contributed by atoms with E-state index in [2.05, 4.69) is 5.32 Å². The molecule has 19 heavy (non-hydrogen) atoms. The lowest BCUT2D eigenvalue weighted by molar-refractivity contribution is 0.0849. The van der Waals surface area contributed by atoms with E-state index in [-0.39, 0.29) is 0 Å². The molecule has 0 heterocycles. The van der Waals surface area contributed by atoms with Gasteiger partial charge in [0, 0.05) is 21.2 Å². The molecule has 0 spiro atoms. The van der Waals surface area contributed by atoms with Gasteiger partial charge in [-0.15, -0.1) is 0 Å². The van der Waals surface area contributed by atoms with Crippen LogP contribution in [0.1, 0.15) is 20.7 Å². The maximum atomic E-state index is 11.8. The SMILES string of the molecule is O=C(NC(=O)c1cccc(Cl)c1)c1cccc(Cl)c1. The van der Waals surface area contributed by atoms with Crippen molar-refractivity contribution in [3.8, 4) is 0 Å². The molecular formula is C14H9Cl2NO2. The van der Waals surface area contributed by atoms with Crippen molar-refractivity contribution >= 4 is 35.0 Å². The second-order valence-electron chi connectivity index (χ2n) is 3.80. The third-order valence-electron chi connectivity index (χ3n) is 2.40. The summed E-state index contributed by atoms with van der Waals surface area (Å²) in [6, 6.07) is 12.7. The minimum absolute atomic E-state index is 0.322. The van der Waals surface area contributed by atoms with Crippen molar-refractivity contribution in [1.29, 1.82) is 0 Å². The standard InChI is InChI=1S/C14H9Cl2NO2/c15-11-5-1-3-9(7-11)13(18)17-14(19)10-4-2-6-12(16)8-10/h1-8H,(H,17,18,19). The molecule has 0 aliphatic rings. The largest absolute Gasteiger partial charge is 0.288 e. The molecule has 2 aromatic carbocycles. The molecule has 0 aromatic heterocycles. The lowest BCUT2D eigenvalue weighted by Crippen LogP contribution is -2.30. The third-order valence-corrected chi connectivity index (χ3v) is 2.87. The number of hydrogen-bond donors (Lipinski definition) is 1. The van der Waals surface area contributed by atoms with Crippen LogP contribution in [0.3, 0.4) is 0 Å². The first-order chi connectivity index (χ1) is 9.06. The highest BCUT2D eigenvalue weighted by Crippen LogP contribution is 2.12. The number of benzene rings is 2. The lowest BCUT2D eigenvalue weighted by atomic mass is 10.2. The van der Waals surface area contributed by atoms with Crippen LogP contribution in [-0.2, 0) is 0 Å². The van der Waals surface area contributed by atoms with E-state index in [1.165, 1.54) is 12.1 Å². The van der Waals surface area contributed by atoms with Crippen LogP contribution in [0.2, 0.25) is 10.0 Å². The fourth-order valence-corrected chi connectivity index (χ4v) is 1.89. The van der Waals surface area contributed by atoms with Gasteiger partial charge in [-0.1, -0.05) is 35.3 Å². The van der Waals surface area contributed by atoms with Crippen molar-refractivity contribution in [3.05, 3.63) is 69.7 Å². The van der Waals surface area contributed by atoms with Crippen molar-refractivity contribution in [1.82, 2.24) is 5.32 Å². The van der Waals surface area contributed by atoms with Crippen molar-refractivity contribution < 1.29 is 9.59 Å². The molecule has 2 rings (SSSR count). The average Bonchev–Trinajstić information content (AvgIpc) is 2.38. The van der Waals surface area contributed by atoms with E-state index < -0.39 is 11.8 Å². The van der Waals surface area contributed by atoms with E-state index in [9.17, 15) is 9.59 Å². The van der Waals surface area contributed by atoms with Crippen molar-refractivity contribution in [2.75, 3.05) is 0 Å². The molecule has 0 unspecified atom stereocenters. The van der Waals surface area contributed by atoms with Crippen molar-refractivity contribution in [2.24, 2.45) is 0 Å². The van der Waals surface area contributed by atoms with Crippen molar-refractivity contribution in [3.63, 3.8) is 0 Å². The number of nitrogens with one attached hydrogen (secondary N) is 1. The van der Waals surface area contributed by atoms with Crippen LogP contribution < -0.4 is 5.32 Å². The van der Waals surface area contributed by atoms with Gasteiger partial charge >= 0.3 is 0 Å². The summed E-state index contributed by atoms with van der Waals surface area (Å²) >= 11 is 11.6. The second-order valence-corrected chi connectivity index (χ2v) is 4.68. The predicted octanol–water partition coefficient (Wildman–Crippen LogP) is 3.56. The molecule has 0 aliphatic carbocycles. The minimum atomic E-state index is -0.507. The van der Waals surface area contributed by atoms with Gasteiger partial charge in [0.15, 0.2) is 0 Å². The fourth-order valence-electron chi connectivity index (χ4n) is 1.51. The van der Waals surface area contributed by atoms with E-state index in [4.69, 9.17) is 23.2 Å². The summed E-state index contributed by atoms with van der Waals surface area (Å²) in [5, 5.41) is 3.14. The Morgan fingerprint density at radius 1 is 0.789 bits per heavy atom. The van der Waals surface area contributed by atoms with Gasteiger partial charge in [-0.25, -0.2) is 0 Å². The molecule has 0 saturated heterocycles. The molecule has 96 valence electrons. The zero-order valence-corrected chi connectivity index (χ0v) is 11.2. The molecule has 3 nitrogen and oxygen atoms in total. The highest BCUT2D eigenvalue weighted by Gasteiger charge is 2.12. The predicted molar refractivity (Wildman–Crippen MR) is 74.7 cm³/mol. The molecule has 0 fully saturated rings. The van der Waals surface area contributed by atoms with Gasteiger partial charge in [0.1, 0.15) is 0 Å². The number of rotatable bonds is 2. The fraction of sp³-hybridized carbons (Fsp3) is 0. The topological polar surface area (TPSA) is 46.2 Å². The van der Waals surface area contributed by atoms with Crippen LogP contribution >= 0.6 is 23.2 Å². The summed E-state index contributed by atoms with van der Waals surface area (Å²) in [4.78, 5) is 23.7. The number of hydrogen-bond acceptors (Lipinski definition) is 2. The molecule has 2 amide bonds. The number of halogens is 2. The first kappa shape index (κ1) is 13.6. The summed E-state index contributed by atoms with van der Waals surface area (Å²) in [5.41, 5.74) is 0.644. The molecule has 0 saturated carbocycles. The van der Waals surface area contributed by atoms with E-state index in [1.807, 2.05) is 0 Å². The van der Waals surface area contributed by atoms with Crippen LogP contribution in [0.25, 0.3) is 0 Å². The first-order valence-corrected chi connectivity index (χ1v) is 6.18. The molecule has 2 aromatic rings. The Hall–Kier alpha value is -1.84. The smallest absolute Gasteiger partial charge is 0.258 e. The van der Waals surface area contributed by atoms with Gasteiger partial charge in [0.25, 0.3) is 11.8 Å². The number of imide groups is 1. The molecule has 0 atom stereocenters. The summed E-state index contributed by atoms with van der Waals surface area (Å²) in [7, 11) is 0. The van der Waals surface area contributed by atoms with Gasteiger partial charge in [0.05, 0.1) is 0 Å². The molecular weight excluding hydrogens is 285 g/mol. The van der Waals surface area contributed by atoms with Crippen molar-refractivity contribution in [2.45, 2.75) is 0 Å². The zero-order valence-electron chi connectivity index (χ0n) is 9.69. The van der Waals surface area contributed by atoms with Crippen LogP contribution in [-0.4, -0.2) is 11.8 Å². The van der Waals surface area contributed by atoms with E-state index >= 15 is 0 Å². The minimum Gasteiger partial charge on any atom is -0.288 e. The quantitative estimate of drug-likeness (QED) is 0.861. The molecule has 5 heteroatoms.